The van der Waals surface area contributed by atoms with Crippen molar-refractivity contribution in [2.24, 2.45) is 5.92 Å². The molecule has 2 heterocycles. The molecule has 1 aromatic carbocycles. The van der Waals surface area contributed by atoms with Crippen LogP contribution < -0.4 is 4.74 Å². The molecule has 5 aliphatic rings. The Morgan fingerprint density at radius 2 is 2.14 bits per heavy atom. The highest BCUT2D eigenvalue weighted by Gasteiger charge is 2.74. The molecule has 1 saturated heterocycles. The minimum Gasteiger partial charge on any atom is -0.512 e. The first kappa shape index (κ1) is 16.9. The van der Waals surface area contributed by atoms with Gasteiger partial charge in [-0.05, 0) is 56.7 Å². The summed E-state index contributed by atoms with van der Waals surface area (Å²) in [6.45, 7) is 3.28. The second-order valence-corrected chi connectivity index (χ2v) is 9.35. The van der Waals surface area contributed by atoms with E-state index in [4.69, 9.17) is 4.74 Å². The standard InChI is InChI=1S/C22H25NO5/c1-11(24)14-9-22(27)16-8-13-4-5-15(25)19-17(13)21(22,20(28-19)18(14)26)6-7-23(16)10-12-2-3-12/h4-5,12,16,20,24-25,27H,2-3,6-10H2,1H3/b14-11-/t16-,20+,21+,22-/m1/s1. The van der Waals surface area contributed by atoms with E-state index in [1.54, 1.807) is 6.07 Å². The van der Waals surface area contributed by atoms with E-state index < -0.39 is 17.1 Å². The SMILES string of the molecule is C/C(O)=C1\C[C@@]2(O)[C@H]3Cc4ccc(O)c5c4[C@@]2(CCN3CC2CC2)[C@@H](O5)C1=O. The van der Waals surface area contributed by atoms with Crippen molar-refractivity contribution in [1.29, 1.82) is 0 Å². The average molecular weight is 383 g/mol. The van der Waals surface area contributed by atoms with Crippen LogP contribution in [0.1, 0.15) is 43.7 Å². The predicted molar refractivity (Wildman–Crippen MR) is 101 cm³/mol. The van der Waals surface area contributed by atoms with Crippen molar-refractivity contribution in [2.45, 2.75) is 62.2 Å². The summed E-state index contributed by atoms with van der Waals surface area (Å²) < 4.78 is 6.07. The lowest BCUT2D eigenvalue weighted by atomic mass is 9.48. The van der Waals surface area contributed by atoms with Crippen LogP contribution in [-0.2, 0) is 16.6 Å². The van der Waals surface area contributed by atoms with Crippen LogP contribution in [0.3, 0.4) is 0 Å². The van der Waals surface area contributed by atoms with Crippen molar-refractivity contribution in [3.63, 3.8) is 0 Å². The molecule has 148 valence electrons. The Labute approximate surface area is 163 Å². The molecule has 1 aromatic rings. The number of hydrogen-bond donors (Lipinski definition) is 3. The summed E-state index contributed by atoms with van der Waals surface area (Å²) in [6.07, 6.45) is 3.00. The number of phenolic OH excluding ortho intramolecular Hbond substituents is 1. The molecule has 2 aliphatic heterocycles. The van der Waals surface area contributed by atoms with Gasteiger partial charge in [-0.25, -0.2) is 0 Å². The summed E-state index contributed by atoms with van der Waals surface area (Å²) in [5.74, 6) is 0.755. The largest absolute Gasteiger partial charge is 0.512 e. The number of likely N-dealkylation sites (tertiary alicyclic amines) is 1. The maximum absolute atomic E-state index is 13.3. The number of ether oxygens (including phenoxy) is 1. The molecule has 2 bridgehead atoms. The van der Waals surface area contributed by atoms with Gasteiger partial charge in [0, 0.05) is 30.1 Å². The summed E-state index contributed by atoms with van der Waals surface area (Å²) in [4.78, 5) is 15.7. The van der Waals surface area contributed by atoms with Crippen LogP contribution in [0.5, 0.6) is 11.5 Å². The fraction of sp³-hybridized carbons (Fsp3) is 0.591. The fourth-order valence-corrected chi connectivity index (χ4v) is 6.46. The molecule has 6 heteroatoms. The summed E-state index contributed by atoms with van der Waals surface area (Å²) >= 11 is 0. The summed E-state index contributed by atoms with van der Waals surface area (Å²) in [5.41, 5.74) is 0.0911. The third-order valence-corrected chi connectivity index (χ3v) is 7.93. The summed E-state index contributed by atoms with van der Waals surface area (Å²) in [7, 11) is 0. The first-order chi connectivity index (χ1) is 13.4. The predicted octanol–water partition coefficient (Wildman–Crippen LogP) is 1.97. The van der Waals surface area contributed by atoms with E-state index in [1.165, 1.54) is 19.8 Å². The lowest BCUT2D eigenvalue weighted by Gasteiger charge is -2.62. The van der Waals surface area contributed by atoms with Crippen molar-refractivity contribution < 1.29 is 24.9 Å². The first-order valence-corrected chi connectivity index (χ1v) is 10.3. The Balaban J connectivity index is 1.60. The van der Waals surface area contributed by atoms with Crippen molar-refractivity contribution in [3.05, 3.63) is 34.6 Å². The van der Waals surface area contributed by atoms with E-state index in [-0.39, 0.29) is 35.3 Å². The molecule has 1 spiro atoms. The van der Waals surface area contributed by atoms with Gasteiger partial charge in [0.2, 0.25) is 5.78 Å². The van der Waals surface area contributed by atoms with Gasteiger partial charge in [-0.3, -0.25) is 9.69 Å². The van der Waals surface area contributed by atoms with Gasteiger partial charge in [0.25, 0.3) is 0 Å². The lowest BCUT2D eigenvalue weighted by molar-refractivity contribution is -0.180. The molecular formula is C22H25NO5. The third kappa shape index (κ3) is 1.79. The van der Waals surface area contributed by atoms with E-state index in [1.807, 2.05) is 6.07 Å². The Bertz CT molecular complexity index is 946. The zero-order chi connectivity index (χ0) is 19.4. The molecule has 3 N–H and O–H groups in total. The van der Waals surface area contributed by atoms with Crippen molar-refractivity contribution in [1.82, 2.24) is 4.90 Å². The monoisotopic (exact) mass is 383 g/mol. The zero-order valence-corrected chi connectivity index (χ0v) is 15.9. The van der Waals surface area contributed by atoms with E-state index in [0.29, 0.717) is 24.5 Å². The highest BCUT2D eigenvalue weighted by atomic mass is 16.5. The van der Waals surface area contributed by atoms with Gasteiger partial charge in [0.05, 0.1) is 16.8 Å². The fourth-order valence-electron chi connectivity index (χ4n) is 6.46. The van der Waals surface area contributed by atoms with Crippen LogP contribution in [0.25, 0.3) is 0 Å². The topological polar surface area (TPSA) is 90.2 Å². The smallest absolute Gasteiger partial charge is 0.203 e. The van der Waals surface area contributed by atoms with Crippen LogP contribution in [0.15, 0.2) is 23.5 Å². The van der Waals surface area contributed by atoms with Gasteiger partial charge >= 0.3 is 0 Å². The van der Waals surface area contributed by atoms with E-state index in [2.05, 4.69) is 4.90 Å². The minimum atomic E-state index is -1.20. The number of benzene rings is 1. The maximum atomic E-state index is 13.3. The van der Waals surface area contributed by atoms with Crippen LogP contribution >= 0.6 is 0 Å². The van der Waals surface area contributed by atoms with Crippen LogP contribution in [0.4, 0.5) is 0 Å². The molecule has 0 aromatic heterocycles. The normalized spacial score (nSPS) is 40.1. The van der Waals surface area contributed by atoms with E-state index in [0.717, 1.165) is 24.2 Å². The molecule has 6 rings (SSSR count). The molecule has 0 radical (unpaired) electrons. The molecule has 28 heavy (non-hydrogen) atoms. The number of ketones is 1. The average Bonchev–Trinajstić information content (AvgIpc) is 3.38. The van der Waals surface area contributed by atoms with Gasteiger partial charge in [-0.15, -0.1) is 0 Å². The molecular weight excluding hydrogens is 358 g/mol. The van der Waals surface area contributed by atoms with Gasteiger partial charge < -0.3 is 20.1 Å². The highest BCUT2D eigenvalue weighted by Crippen LogP contribution is 2.65. The number of allylic oxidation sites excluding steroid dienone is 1. The number of carbonyl (C=O) groups is 1. The summed E-state index contributed by atoms with van der Waals surface area (Å²) in [5, 5.41) is 32.9. The minimum absolute atomic E-state index is 0.0165. The number of aromatic hydroxyl groups is 1. The van der Waals surface area contributed by atoms with Crippen LogP contribution in [-0.4, -0.2) is 56.8 Å². The van der Waals surface area contributed by atoms with E-state index >= 15 is 0 Å². The van der Waals surface area contributed by atoms with Crippen LogP contribution in [0.2, 0.25) is 0 Å². The summed E-state index contributed by atoms with van der Waals surface area (Å²) in [6, 6.07) is 3.42. The second-order valence-electron chi connectivity index (χ2n) is 9.35. The Kier molecular flexibility index (Phi) is 3.07. The molecule has 0 amide bonds. The first-order valence-electron chi connectivity index (χ1n) is 10.3. The molecule has 3 aliphatic carbocycles. The van der Waals surface area contributed by atoms with Crippen molar-refractivity contribution >= 4 is 5.78 Å². The van der Waals surface area contributed by atoms with Crippen LogP contribution in [0, 0.1) is 5.92 Å². The molecule has 0 unspecified atom stereocenters. The lowest BCUT2D eigenvalue weighted by Crippen LogP contribution is -2.77. The number of carbonyl (C=O) groups excluding carboxylic acids is 1. The number of piperidine rings is 1. The van der Waals surface area contributed by atoms with Crippen molar-refractivity contribution in [2.75, 3.05) is 13.1 Å². The molecule has 3 fully saturated rings. The Hall–Kier alpha value is -2.05. The third-order valence-electron chi connectivity index (χ3n) is 7.93. The quantitative estimate of drug-likeness (QED) is 0.534. The second kappa shape index (κ2) is 5.10. The molecule has 4 atom stereocenters. The molecule has 2 saturated carbocycles. The maximum Gasteiger partial charge on any atom is 0.203 e. The Morgan fingerprint density at radius 1 is 1.36 bits per heavy atom. The number of aliphatic hydroxyl groups is 2. The molecule has 6 nitrogen and oxygen atoms in total. The van der Waals surface area contributed by atoms with E-state index in [9.17, 15) is 20.1 Å². The number of aliphatic hydroxyl groups excluding tert-OH is 1. The number of hydrogen-bond acceptors (Lipinski definition) is 6. The van der Waals surface area contributed by atoms with Gasteiger partial charge in [0.15, 0.2) is 17.6 Å². The zero-order valence-electron chi connectivity index (χ0n) is 15.9. The highest BCUT2D eigenvalue weighted by molar-refractivity contribution is 6.03. The van der Waals surface area contributed by atoms with Gasteiger partial charge in [-0.1, -0.05) is 6.07 Å². The number of nitrogens with zero attached hydrogens (tertiary/aromatic N) is 1. The number of phenols is 1. The van der Waals surface area contributed by atoms with Crippen molar-refractivity contribution in [3.8, 4) is 11.5 Å². The number of rotatable bonds is 2. The van der Waals surface area contributed by atoms with Gasteiger partial charge in [-0.2, -0.15) is 0 Å². The Morgan fingerprint density at radius 3 is 2.86 bits per heavy atom. The van der Waals surface area contributed by atoms with Gasteiger partial charge in [0.1, 0.15) is 0 Å². The number of Topliss-reactive ketones (excluding diaryl/α,β-unsaturated/α-hetero) is 1.